The van der Waals surface area contributed by atoms with Crippen LogP contribution in [0.15, 0.2) is 0 Å². The minimum absolute atomic E-state index is 0. The third-order valence-corrected chi connectivity index (χ3v) is 4.30. The van der Waals surface area contributed by atoms with Crippen LogP contribution in [0.2, 0.25) is 0 Å². The summed E-state index contributed by atoms with van der Waals surface area (Å²) in [6, 6.07) is 0.454. The SMILES string of the molecule is CNCC1CCCN1C(=O)C1CCCCCC1.Cl. The van der Waals surface area contributed by atoms with E-state index in [4.69, 9.17) is 0 Å². The molecule has 1 aliphatic heterocycles. The Balaban J connectivity index is 0.00000162. The van der Waals surface area contributed by atoms with Crippen molar-refractivity contribution >= 4 is 18.3 Å². The van der Waals surface area contributed by atoms with Gasteiger partial charge in [0.05, 0.1) is 0 Å². The van der Waals surface area contributed by atoms with Crippen molar-refractivity contribution in [3.63, 3.8) is 0 Å². The molecule has 2 aliphatic rings. The lowest BCUT2D eigenvalue weighted by Gasteiger charge is -2.28. The minimum atomic E-state index is 0. The maximum absolute atomic E-state index is 12.5. The number of nitrogens with one attached hydrogen (secondary N) is 1. The van der Waals surface area contributed by atoms with Crippen molar-refractivity contribution in [2.45, 2.75) is 57.4 Å². The van der Waals surface area contributed by atoms with E-state index in [1.54, 1.807) is 0 Å². The molecule has 18 heavy (non-hydrogen) atoms. The van der Waals surface area contributed by atoms with Crippen molar-refractivity contribution in [3.05, 3.63) is 0 Å². The molecule has 1 amide bonds. The van der Waals surface area contributed by atoms with Crippen LogP contribution in [0, 0.1) is 5.92 Å². The number of hydrogen-bond donors (Lipinski definition) is 1. The lowest BCUT2D eigenvalue weighted by atomic mass is 9.98. The van der Waals surface area contributed by atoms with Gasteiger partial charge in [0.15, 0.2) is 0 Å². The van der Waals surface area contributed by atoms with Gasteiger partial charge < -0.3 is 10.2 Å². The molecule has 1 N–H and O–H groups in total. The maximum Gasteiger partial charge on any atom is 0.225 e. The van der Waals surface area contributed by atoms with Gasteiger partial charge >= 0.3 is 0 Å². The molecule has 1 saturated carbocycles. The second-order valence-electron chi connectivity index (χ2n) is 5.57. The van der Waals surface area contributed by atoms with Crippen LogP contribution in [0.25, 0.3) is 0 Å². The Morgan fingerprint density at radius 1 is 1.11 bits per heavy atom. The van der Waals surface area contributed by atoms with Gasteiger partial charge in [-0.1, -0.05) is 25.7 Å². The molecular formula is C14H27ClN2O. The molecule has 0 aromatic carbocycles. The number of halogens is 1. The summed E-state index contributed by atoms with van der Waals surface area (Å²) in [6.07, 6.45) is 9.77. The van der Waals surface area contributed by atoms with Crippen molar-refractivity contribution in [1.82, 2.24) is 10.2 Å². The molecular weight excluding hydrogens is 248 g/mol. The van der Waals surface area contributed by atoms with Crippen LogP contribution in [0.1, 0.15) is 51.4 Å². The van der Waals surface area contributed by atoms with Gasteiger partial charge in [0.1, 0.15) is 0 Å². The van der Waals surface area contributed by atoms with E-state index in [1.807, 2.05) is 7.05 Å². The highest BCUT2D eigenvalue weighted by Gasteiger charge is 2.32. The summed E-state index contributed by atoms with van der Waals surface area (Å²) in [5.41, 5.74) is 0. The zero-order valence-electron chi connectivity index (χ0n) is 11.5. The largest absolute Gasteiger partial charge is 0.338 e. The number of carbonyl (C=O) groups excluding carboxylic acids is 1. The van der Waals surface area contributed by atoms with E-state index in [0.717, 1.165) is 25.9 Å². The van der Waals surface area contributed by atoms with Gasteiger partial charge in [0, 0.05) is 25.0 Å². The number of hydrogen-bond acceptors (Lipinski definition) is 2. The molecule has 2 rings (SSSR count). The highest BCUT2D eigenvalue weighted by molar-refractivity contribution is 5.85. The third kappa shape index (κ3) is 3.86. The van der Waals surface area contributed by atoms with Crippen LogP contribution in [-0.4, -0.2) is 37.0 Å². The average molecular weight is 275 g/mol. The lowest BCUT2D eigenvalue weighted by molar-refractivity contribution is -0.136. The van der Waals surface area contributed by atoms with Gasteiger partial charge in [-0.05, 0) is 32.7 Å². The van der Waals surface area contributed by atoms with E-state index in [1.165, 1.54) is 38.5 Å². The second-order valence-corrected chi connectivity index (χ2v) is 5.57. The van der Waals surface area contributed by atoms with Gasteiger partial charge in [-0.2, -0.15) is 0 Å². The first-order valence-corrected chi connectivity index (χ1v) is 7.28. The monoisotopic (exact) mass is 274 g/mol. The second kappa shape index (κ2) is 8.00. The van der Waals surface area contributed by atoms with Crippen molar-refractivity contribution in [1.29, 1.82) is 0 Å². The predicted octanol–water partition coefficient (Wildman–Crippen LogP) is 2.59. The zero-order chi connectivity index (χ0) is 12.1. The number of likely N-dealkylation sites (N-methyl/N-ethyl adjacent to an activating group) is 1. The predicted molar refractivity (Wildman–Crippen MR) is 77.1 cm³/mol. The summed E-state index contributed by atoms with van der Waals surface area (Å²) in [5.74, 6) is 0.777. The van der Waals surface area contributed by atoms with E-state index in [2.05, 4.69) is 10.2 Å². The van der Waals surface area contributed by atoms with Crippen molar-refractivity contribution < 1.29 is 4.79 Å². The molecule has 0 aromatic rings. The van der Waals surface area contributed by atoms with Crippen LogP contribution >= 0.6 is 12.4 Å². The fourth-order valence-corrected chi connectivity index (χ4v) is 3.33. The quantitative estimate of drug-likeness (QED) is 0.803. The van der Waals surface area contributed by atoms with Crippen molar-refractivity contribution in [2.75, 3.05) is 20.1 Å². The standard InChI is InChI=1S/C14H26N2O.ClH/c1-15-11-13-9-6-10-16(13)14(17)12-7-4-2-3-5-8-12;/h12-13,15H,2-11H2,1H3;1H. The van der Waals surface area contributed by atoms with Crippen LogP contribution in [0.3, 0.4) is 0 Å². The van der Waals surface area contributed by atoms with Crippen LogP contribution < -0.4 is 5.32 Å². The minimum Gasteiger partial charge on any atom is -0.338 e. The van der Waals surface area contributed by atoms with E-state index < -0.39 is 0 Å². The Bertz CT molecular complexity index is 252. The summed E-state index contributed by atoms with van der Waals surface area (Å²) in [5, 5.41) is 3.22. The highest BCUT2D eigenvalue weighted by Crippen LogP contribution is 2.27. The summed E-state index contributed by atoms with van der Waals surface area (Å²) in [6.45, 7) is 1.94. The fourth-order valence-electron chi connectivity index (χ4n) is 3.33. The van der Waals surface area contributed by atoms with Crippen molar-refractivity contribution in [2.24, 2.45) is 5.92 Å². The Hall–Kier alpha value is -0.280. The molecule has 1 heterocycles. The van der Waals surface area contributed by atoms with Crippen molar-refractivity contribution in [3.8, 4) is 0 Å². The summed E-state index contributed by atoms with van der Waals surface area (Å²) in [4.78, 5) is 14.7. The first-order valence-electron chi connectivity index (χ1n) is 7.28. The zero-order valence-corrected chi connectivity index (χ0v) is 12.3. The molecule has 4 heteroatoms. The molecule has 1 atom stereocenters. The molecule has 106 valence electrons. The van der Waals surface area contributed by atoms with Gasteiger partial charge in [-0.25, -0.2) is 0 Å². The van der Waals surface area contributed by atoms with Crippen LogP contribution in [-0.2, 0) is 4.79 Å². The smallest absolute Gasteiger partial charge is 0.225 e. The van der Waals surface area contributed by atoms with Crippen LogP contribution in [0.4, 0.5) is 0 Å². The van der Waals surface area contributed by atoms with E-state index in [-0.39, 0.29) is 12.4 Å². The molecule has 2 fully saturated rings. The molecule has 0 spiro atoms. The number of amides is 1. The lowest BCUT2D eigenvalue weighted by Crippen LogP contribution is -2.43. The number of rotatable bonds is 3. The topological polar surface area (TPSA) is 32.3 Å². The first-order chi connectivity index (χ1) is 8.33. The molecule has 1 saturated heterocycles. The Labute approximate surface area is 117 Å². The first kappa shape index (κ1) is 15.8. The summed E-state index contributed by atoms with van der Waals surface area (Å²) in [7, 11) is 1.98. The van der Waals surface area contributed by atoms with Gasteiger partial charge in [-0.3, -0.25) is 4.79 Å². The van der Waals surface area contributed by atoms with Crippen LogP contribution in [0.5, 0.6) is 0 Å². The average Bonchev–Trinajstić information content (AvgIpc) is 2.63. The molecule has 3 nitrogen and oxygen atoms in total. The Kier molecular flexibility index (Phi) is 7.02. The fraction of sp³-hybridized carbons (Fsp3) is 0.929. The number of likely N-dealkylation sites (tertiary alicyclic amines) is 1. The van der Waals surface area contributed by atoms with Gasteiger partial charge in [0.25, 0.3) is 0 Å². The van der Waals surface area contributed by atoms with E-state index in [0.29, 0.717) is 17.9 Å². The molecule has 1 unspecified atom stereocenters. The molecule has 0 radical (unpaired) electrons. The molecule has 1 aliphatic carbocycles. The Morgan fingerprint density at radius 2 is 1.78 bits per heavy atom. The van der Waals surface area contributed by atoms with Gasteiger partial charge in [0.2, 0.25) is 5.91 Å². The summed E-state index contributed by atoms with van der Waals surface area (Å²) >= 11 is 0. The molecule has 0 bridgehead atoms. The van der Waals surface area contributed by atoms with Gasteiger partial charge in [-0.15, -0.1) is 12.4 Å². The van der Waals surface area contributed by atoms with E-state index in [9.17, 15) is 4.79 Å². The highest BCUT2D eigenvalue weighted by atomic mass is 35.5. The Morgan fingerprint density at radius 3 is 2.39 bits per heavy atom. The maximum atomic E-state index is 12.5. The molecule has 0 aromatic heterocycles. The number of carbonyl (C=O) groups is 1. The number of nitrogens with zero attached hydrogens (tertiary/aromatic N) is 1. The van der Waals surface area contributed by atoms with E-state index >= 15 is 0 Å². The normalized spacial score (nSPS) is 25.6. The summed E-state index contributed by atoms with van der Waals surface area (Å²) < 4.78 is 0. The third-order valence-electron chi connectivity index (χ3n) is 4.30.